The van der Waals surface area contributed by atoms with E-state index in [0.717, 1.165) is 0 Å². The molecule has 1 aliphatic rings. The maximum atomic E-state index is 9.86. The van der Waals surface area contributed by atoms with Gasteiger partial charge in [0.25, 0.3) is 0 Å². The molecule has 2 heterocycles. The molecule has 20 heavy (non-hydrogen) atoms. The largest absolute Gasteiger partial charge is 0.466 e. The van der Waals surface area contributed by atoms with Crippen LogP contribution in [0.5, 0.6) is 5.75 Å². The van der Waals surface area contributed by atoms with Crippen LogP contribution in [0.3, 0.4) is 0 Å². The van der Waals surface area contributed by atoms with Gasteiger partial charge in [0, 0.05) is 0 Å². The van der Waals surface area contributed by atoms with Crippen LogP contribution >= 0.6 is 12.2 Å². The second kappa shape index (κ2) is 6.17. The van der Waals surface area contributed by atoms with Gasteiger partial charge in [-0.25, -0.2) is 0 Å². The molecule has 0 saturated carbocycles. The molecule has 0 bridgehead atoms. The van der Waals surface area contributed by atoms with Crippen LogP contribution in [0.4, 0.5) is 0 Å². The van der Waals surface area contributed by atoms with E-state index in [-0.39, 0.29) is 5.75 Å². The van der Waals surface area contributed by atoms with Crippen molar-refractivity contribution in [3.63, 3.8) is 0 Å². The lowest BCUT2D eigenvalue weighted by Crippen LogP contribution is -2.60. The summed E-state index contributed by atoms with van der Waals surface area (Å²) in [5, 5.41) is 38.3. The molecule has 1 saturated heterocycles. The van der Waals surface area contributed by atoms with Crippen molar-refractivity contribution in [1.82, 2.24) is 0 Å². The molecule has 5 atom stereocenters. The number of hydrogen-bond donors (Lipinski definition) is 4. The number of hydrogen-bond acceptors (Lipinski definition) is 8. The monoisotopic (exact) mass is 304 g/mol. The maximum Gasteiger partial charge on any atom is 0.229 e. The summed E-state index contributed by atoms with van der Waals surface area (Å²) in [5.74, 6) is 0.585. The second-order valence-electron chi connectivity index (χ2n) is 4.49. The van der Waals surface area contributed by atoms with Crippen molar-refractivity contribution in [2.45, 2.75) is 37.6 Å². The summed E-state index contributed by atoms with van der Waals surface area (Å²) in [5.41, 5.74) is 0. The van der Waals surface area contributed by atoms with Crippen LogP contribution in [-0.2, 0) is 4.74 Å². The van der Waals surface area contributed by atoms with E-state index in [2.05, 4.69) is 0 Å². The predicted octanol–water partition coefficient (Wildman–Crippen LogP) is -0.504. The fourth-order valence-electron chi connectivity index (χ4n) is 1.92. The van der Waals surface area contributed by atoms with Crippen LogP contribution < -0.4 is 4.74 Å². The third-order valence-electron chi connectivity index (χ3n) is 3.09. The molecule has 1 aromatic heterocycles. The highest BCUT2D eigenvalue weighted by Gasteiger charge is 2.44. The lowest BCUT2D eigenvalue weighted by molar-refractivity contribution is -0.277. The van der Waals surface area contributed by atoms with E-state index >= 15 is 0 Å². The molecule has 1 aromatic rings. The molecule has 1 fully saturated rings. The molecule has 8 heteroatoms. The van der Waals surface area contributed by atoms with E-state index in [1.54, 1.807) is 6.92 Å². The number of aliphatic hydroxyl groups excluding tert-OH is 4. The summed E-state index contributed by atoms with van der Waals surface area (Å²) < 4.78 is 16.1. The molecular formula is C12H16O7S. The van der Waals surface area contributed by atoms with Gasteiger partial charge in [0.15, 0.2) is 5.75 Å². The fraction of sp³-hybridized carbons (Fsp3) is 0.583. The van der Waals surface area contributed by atoms with Crippen LogP contribution in [0.1, 0.15) is 5.76 Å². The third kappa shape index (κ3) is 2.85. The molecule has 112 valence electrons. The molecule has 7 nitrogen and oxygen atoms in total. The zero-order valence-corrected chi connectivity index (χ0v) is 11.5. The molecule has 0 aliphatic carbocycles. The first-order valence-electron chi connectivity index (χ1n) is 6.01. The Bertz CT molecular complexity index is 515. The fourth-order valence-corrected chi connectivity index (χ4v) is 2.17. The summed E-state index contributed by atoms with van der Waals surface area (Å²) in [7, 11) is 0. The van der Waals surface area contributed by atoms with Crippen molar-refractivity contribution in [3.05, 3.63) is 22.6 Å². The minimum atomic E-state index is -1.50. The van der Waals surface area contributed by atoms with E-state index in [1.807, 2.05) is 0 Å². The Morgan fingerprint density at radius 1 is 1.25 bits per heavy atom. The third-order valence-corrected chi connectivity index (χ3v) is 3.41. The minimum Gasteiger partial charge on any atom is -0.466 e. The van der Waals surface area contributed by atoms with Crippen LogP contribution in [0, 0.1) is 11.4 Å². The molecular weight excluding hydrogens is 288 g/mol. The van der Waals surface area contributed by atoms with Gasteiger partial charge in [-0.1, -0.05) is 12.2 Å². The lowest BCUT2D eigenvalue weighted by atomic mass is 9.99. The zero-order valence-electron chi connectivity index (χ0n) is 10.7. The first-order valence-corrected chi connectivity index (χ1v) is 6.42. The standard InChI is InChI=1S/C12H16O7S/c1-5-11(7(20)2-3-17-5)19-12-10(16)9(15)8(14)6(4-13)18-12/h2-3,6,8-10,12-16H,4H2,1H3/t6-,8-,9+,10-,12-/m1/s1. The van der Waals surface area contributed by atoms with Crippen LogP contribution in [0.25, 0.3) is 0 Å². The quantitative estimate of drug-likeness (QED) is 0.553. The topological polar surface area (TPSA) is 113 Å². The van der Waals surface area contributed by atoms with Crippen LogP contribution in [0.15, 0.2) is 16.7 Å². The van der Waals surface area contributed by atoms with Gasteiger partial charge in [0.2, 0.25) is 6.29 Å². The molecule has 0 aromatic carbocycles. The molecule has 0 radical (unpaired) electrons. The number of rotatable bonds is 3. The van der Waals surface area contributed by atoms with Crippen molar-refractivity contribution < 1.29 is 34.3 Å². The smallest absolute Gasteiger partial charge is 0.229 e. The summed E-state index contributed by atoms with van der Waals surface area (Å²) in [6.07, 6.45) is -5.32. The lowest BCUT2D eigenvalue weighted by Gasteiger charge is -2.39. The Morgan fingerprint density at radius 2 is 1.95 bits per heavy atom. The van der Waals surface area contributed by atoms with E-state index < -0.39 is 37.3 Å². The summed E-state index contributed by atoms with van der Waals surface area (Å²) in [6, 6.07) is 1.50. The first kappa shape index (κ1) is 15.4. The SMILES string of the molecule is Cc1occc(=S)c1O[C@H]1O[C@H](CO)[C@@H](O)[C@H](O)[C@H]1O. The highest BCUT2D eigenvalue weighted by atomic mass is 32.1. The van der Waals surface area contributed by atoms with Crippen molar-refractivity contribution in [1.29, 1.82) is 0 Å². The molecule has 0 unspecified atom stereocenters. The average molecular weight is 304 g/mol. The minimum absolute atomic E-state index is 0.201. The Balaban J connectivity index is 2.22. The molecule has 0 spiro atoms. The van der Waals surface area contributed by atoms with E-state index in [9.17, 15) is 15.3 Å². The van der Waals surface area contributed by atoms with Crippen molar-refractivity contribution in [3.8, 4) is 5.75 Å². The molecule has 2 rings (SSSR count). The number of aliphatic hydroxyl groups is 4. The van der Waals surface area contributed by atoms with Crippen LogP contribution in [0.2, 0.25) is 0 Å². The second-order valence-corrected chi connectivity index (χ2v) is 4.93. The van der Waals surface area contributed by atoms with Gasteiger partial charge in [-0.2, -0.15) is 0 Å². The number of ether oxygens (including phenoxy) is 2. The Morgan fingerprint density at radius 3 is 2.55 bits per heavy atom. The van der Waals surface area contributed by atoms with Gasteiger partial charge in [-0.05, 0) is 13.0 Å². The van der Waals surface area contributed by atoms with Gasteiger partial charge in [-0.15, -0.1) is 0 Å². The highest BCUT2D eigenvalue weighted by Crippen LogP contribution is 2.27. The maximum absolute atomic E-state index is 9.86. The van der Waals surface area contributed by atoms with Crippen molar-refractivity contribution >= 4 is 12.2 Å². The summed E-state index contributed by atoms with van der Waals surface area (Å²) in [6.45, 7) is 1.10. The predicted molar refractivity (Wildman–Crippen MR) is 68.7 cm³/mol. The first-order chi connectivity index (χ1) is 9.45. The normalized spacial score (nSPS) is 34.0. The van der Waals surface area contributed by atoms with Gasteiger partial charge < -0.3 is 34.3 Å². The summed E-state index contributed by atoms with van der Waals surface area (Å²) >= 11 is 5.07. The highest BCUT2D eigenvalue weighted by molar-refractivity contribution is 7.71. The van der Waals surface area contributed by atoms with Gasteiger partial charge in [-0.3, -0.25) is 0 Å². The molecule has 0 amide bonds. The Kier molecular flexibility index (Phi) is 4.74. The number of aryl methyl sites for hydroxylation is 1. The summed E-state index contributed by atoms with van der Waals surface area (Å²) in [4.78, 5) is 0. The van der Waals surface area contributed by atoms with Crippen molar-refractivity contribution in [2.24, 2.45) is 0 Å². The van der Waals surface area contributed by atoms with Gasteiger partial charge in [0.05, 0.1) is 17.4 Å². The van der Waals surface area contributed by atoms with Gasteiger partial charge >= 0.3 is 0 Å². The van der Waals surface area contributed by atoms with E-state index in [0.29, 0.717) is 10.3 Å². The van der Waals surface area contributed by atoms with E-state index in [4.69, 9.17) is 31.2 Å². The Hall–Kier alpha value is -1.03. The Labute approximate surface area is 120 Å². The van der Waals surface area contributed by atoms with Gasteiger partial charge in [0.1, 0.15) is 30.2 Å². The molecule has 4 N–H and O–H groups in total. The molecule has 1 aliphatic heterocycles. The average Bonchev–Trinajstić information content (AvgIpc) is 2.43. The van der Waals surface area contributed by atoms with Crippen LogP contribution in [-0.4, -0.2) is 57.7 Å². The zero-order chi connectivity index (χ0) is 14.9. The van der Waals surface area contributed by atoms with Crippen molar-refractivity contribution in [2.75, 3.05) is 6.61 Å². The van der Waals surface area contributed by atoms with E-state index in [1.165, 1.54) is 12.3 Å².